The minimum atomic E-state index is 0.214. The molecule has 1 aliphatic rings. The second-order valence-corrected chi connectivity index (χ2v) is 8.21. The van der Waals surface area contributed by atoms with Crippen LogP contribution in [0.5, 0.6) is 0 Å². The number of benzene rings is 1. The van der Waals surface area contributed by atoms with Crippen LogP contribution in [-0.4, -0.2) is 37.5 Å². The summed E-state index contributed by atoms with van der Waals surface area (Å²) in [6.45, 7) is 9.63. The zero-order chi connectivity index (χ0) is 17.6. The van der Waals surface area contributed by atoms with Crippen molar-refractivity contribution in [3.63, 3.8) is 0 Å². The zero-order valence-corrected chi connectivity index (χ0v) is 15.9. The van der Waals surface area contributed by atoms with Crippen LogP contribution in [0.3, 0.4) is 0 Å². The molecule has 1 aromatic rings. The molecule has 0 aromatic heterocycles. The highest BCUT2D eigenvalue weighted by Gasteiger charge is 2.25. The molecule has 1 saturated heterocycles. The summed E-state index contributed by atoms with van der Waals surface area (Å²) in [7, 11) is 1.98. The Kier molecular flexibility index (Phi) is 6.85. The van der Waals surface area contributed by atoms with Gasteiger partial charge in [0, 0.05) is 19.5 Å². The molecular formula is C21H34N2O. The topological polar surface area (TPSA) is 32.3 Å². The lowest BCUT2D eigenvalue weighted by atomic mass is 9.86. The number of carbonyl (C=O) groups is 1. The Balaban J connectivity index is 1.67. The second kappa shape index (κ2) is 8.66. The van der Waals surface area contributed by atoms with Gasteiger partial charge in [-0.25, -0.2) is 0 Å². The highest BCUT2D eigenvalue weighted by molar-refractivity contribution is 5.76. The summed E-state index contributed by atoms with van der Waals surface area (Å²) in [4.78, 5) is 14.3. The fourth-order valence-corrected chi connectivity index (χ4v) is 3.45. The van der Waals surface area contributed by atoms with Gasteiger partial charge in [0.2, 0.25) is 5.91 Å². The lowest BCUT2D eigenvalue weighted by molar-refractivity contribution is -0.130. The molecule has 1 aromatic carbocycles. The van der Waals surface area contributed by atoms with Gasteiger partial charge in [0.15, 0.2) is 0 Å². The van der Waals surface area contributed by atoms with Crippen molar-refractivity contribution in [3.8, 4) is 0 Å². The third kappa shape index (κ3) is 5.62. The van der Waals surface area contributed by atoms with Gasteiger partial charge in [0.25, 0.3) is 0 Å². The van der Waals surface area contributed by atoms with Crippen LogP contribution in [0.25, 0.3) is 0 Å². The standard InChI is InChI=1S/C21H34N2O/c1-21(2,3)19-11-9-17(10-12-19)7-5-6-8-20(24)23-14-13-18(16-23)15-22-4/h9-12,18,22H,5-8,13-16H2,1-4H3. The molecule has 1 atom stereocenters. The van der Waals surface area contributed by atoms with Gasteiger partial charge in [-0.2, -0.15) is 0 Å². The first-order chi connectivity index (χ1) is 11.4. The van der Waals surface area contributed by atoms with Crippen LogP contribution in [-0.2, 0) is 16.6 Å². The van der Waals surface area contributed by atoms with Gasteiger partial charge in [-0.15, -0.1) is 0 Å². The Bertz CT molecular complexity index is 516. The predicted molar refractivity (Wildman–Crippen MR) is 101 cm³/mol. The molecule has 24 heavy (non-hydrogen) atoms. The molecule has 0 spiro atoms. The Morgan fingerprint density at radius 2 is 1.92 bits per heavy atom. The minimum absolute atomic E-state index is 0.214. The number of hydrogen-bond acceptors (Lipinski definition) is 2. The molecule has 1 amide bonds. The van der Waals surface area contributed by atoms with E-state index in [-0.39, 0.29) is 5.41 Å². The van der Waals surface area contributed by atoms with Gasteiger partial charge in [-0.3, -0.25) is 4.79 Å². The van der Waals surface area contributed by atoms with E-state index in [2.05, 4.69) is 55.3 Å². The maximum atomic E-state index is 12.3. The molecule has 1 fully saturated rings. The van der Waals surface area contributed by atoms with E-state index < -0.39 is 0 Å². The fraction of sp³-hybridized carbons (Fsp3) is 0.667. The molecule has 0 radical (unpaired) electrons. The molecular weight excluding hydrogens is 296 g/mol. The average molecular weight is 331 g/mol. The van der Waals surface area contributed by atoms with Crippen LogP contribution < -0.4 is 5.32 Å². The van der Waals surface area contributed by atoms with E-state index in [0.717, 1.165) is 45.3 Å². The minimum Gasteiger partial charge on any atom is -0.342 e. The van der Waals surface area contributed by atoms with Crippen molar-refractivity contribution in [1.82, 2.24) is 10.2 Å². The van der Waals surface area contributed by atoms with Gasteiger partial charge in [0.1, 0.15) is 0 Å². The lowest BCUT2D eigenvalue weighted by Crippen LogP contribution is -2.30. The molecule has 1 unspecified atom stereocenters. The van der Waals surface area contributed by atoms with Crippen molar-refractivity contribution < 1.29 is 4.79 Å². The maximum absolute atomic E-state index is 12.3. The number of amides is 1. The van der Waals surface area contributed by atoms with E-state index in [1.54, 1.807) is 0 Å². The molecule has 1 aliphatic heterocycles. The summed E-state index contributed by atoms with van der Waals surface area (Å²) in [6, 6.07) is 8.97. The molecule has 2 rings (SSSR count). The number of hydrogen-bond donors (Lipinski definition) is 1. The van der Waals surface area contributed by atoms with E-state index in [1.807, 2.05) is 7.05 Å². The monoisotopic (exact) mass is 330 g/mol. The third-order valence-corrected chi connectivity index (χ3v) is 5.06. The molecule has 3 nitrogen and oxygen atoms in total. The van der Waals surface area contributed by atoms with Crippen LogP contribution in [0.2, 0.25) is 0 Å². The van der Waals surface area contributed by atoms with E-state index >= 15 is 0 Å². The molecule has 1 N–H and O–H groups in total. The van der Waals surface area contributed by atoms with Crippen molar-refractivity contribution >= 4 is 5.91 Å². The van der Waals surface area contributed by atoms with E-state index in [9.17, 15) is 4.79 Å². The van der Waals surface area contributed by atoms with Crippen LogP contribution in [0.15, 0.2) is 24.3 Å². The van der Waals surface area contributed by atoms with Gasteiger partial charge in [-0.05, 0) is 61.7 Å². The van der Waals surface area contributed by atoms with Crippen LogP contribution >= 0.6 is 0 Å². The fourth-order valence-electron chi connectivity index (χ4n) is 3.45. The molecule has 0 bridgehead atoms. The van der Waals surface area contributed by atoms with Gasteiger partial charge in [0.05, 0.1) is 0 Å². The number of unbranched alkanes of at least 4 members (excludes halogenated alkanes) is 1. The lowest BCUT2D eigenvalue weighted by Gasteiger charge is -2.19. The van der Waals surface area contributed by atoms with Crippen molar-refractivity contribution in [2.75, 3.05) is 26.7 Å². The second-order valence-electron chi connectivity index (χ2n) is 8.21. The maximum Gasteiger partial charge on any atom is 0.222 e. The molecule has 0 aliphatic carbocycles. The Morgan fingerprint density at radius 3 is 2.54 bits per heavy atom. The Labute approximate surface area is 147 Å². The molecule has 3 heteroatoms. The highest BCUT2D eigenvalue weighted by Crippen LogP contribution is 2.23. The first-order valence-corrected chi connectivity index (χ1v) is 9.42. The largest absolute Gasteiger partial charge is 0.342 e. The predicted octanol–water partition coefficient (Wildman–Crippen LogP) is 3.76. The number of rotatable bonds is 7. The molecule has 1 heterocycles. The summed E-state index contributed by atoms with van der Waals surface area (Å²) in [5.41, 5.74) is 2.98. The van der Waals surface area contributed by atoms with Crippen molar-refractivity contribution in [3.05, 3.63) is 35.4 Å². The van der Waals surface area contributed by atoms with Crippen LogP contribution in [0.1, 0.15) is 57.6 Å². The summed E-state index contributed by atoms with van der Waals surface area (Å²) in [5.74, 6) is 0.983. The quantitative estimate of drug-likeness (QED) is 0.772. The van der Waals surface area contributed by atoms with Crippen molar-refractivity contribution in [2.24, 2.45) is 5.92 Å². The van der Waals surface area contributed by atoms with Crippen molar-refractivity contribution in [2.45, 2.75) is 58.3 Å². The molecule has 0 saturated carbocycles. The number of nitrogens with zero attached hydrogens (tertiary/aromatic N) is 1. The summed E-state index contributed by atoms with van der Waals surface area (Å²) in [6.07, 6.45) is 5.00. The van der Waals surface area contributed by atoms with Crippen molar-refractivity contribution in [1.29, 1.82) is 0 Å². The SMILES string of the molecule is CNCC1CCN(C(=O)CCCCc2ccc(C(C)(C)C)cc2)C1. The highest BCUT2D eigenvalue weighted by atomic mass is 16.2. The van der Waals surface area contributed by atoms with E-state index in [0.29, 0.717) is 18.2 Å². The van der Waals surface area contributed by atoms with Crippen LogP contribution in [0.4, 0.5) is 0 Å². The number of carbonyl (C=O) groups excluding carboxylic acids is 1. The summed E-state index contributed by atoms with van der Waals surface area (Å²) >= 11 is 0. The Hall–Kier alpha value is -1.35. The Morgan fingerprint density at radius 1 is 1.21 bits per heavy atom. The molecule has 134 valence electrons. The first-order valence-electron chi connectivity index (χ1n) is 9.42. The third-order valence-electron chi connectivity index (χ3n) is 5.06. The summed E-state index contributed by atoms with van der Waals surface area (Å²) in [5, 5.41) is 3.21. The zero-order valence-electron chi connectivity index (χ0n) is 15.9. The smallest absolute Gasteiger partial charge is 0.222 e. The summed E-state index contributed by atoms with van der Waals surface area (Å²) < 4.78 is 0. The number of aryl methyl sites for hydroxylation is 1. The van der Waals surface area contributed by atoms with Gasteiger partial charge in [-0.1, -0.05) is 45.0 Å². The average Bonchev–Trinajstić information content (AvgIpc) is 3.00. The van der Waals surface area contributed by atoms with Gasteiger partial charge >= 0.3 is 0 Å². The number of likely N-dealkylation sites (tertiary alicyclic amines) is 1. The number of nitrogens with one attached hydrogen (secondary N) is 1. The van der Waals surface area contributed by atoms with Crippen LogP contribution in [0, 0.1) is 5.92 Å². The normalized spacial score (nSPS) is 18.2. The van der Waals surface area contributed by atoms with E-state index in [4.69, 9.17) is 0 Å². The van der Waals surface area contributed by atoms with Gasteiger partial charge < -0.3 is 10.2 Å². The first kappa shape index (κ1) is 19.0. The van der Waals surface area contributed by atoms with E-state index in [1.165, 1.54) is 11.1 Å².